The number of hydrogen-bond donors (Lipinski definition) is 1. The van der Waals surface area contributed by atoms with Crippen molar-refractivity contribution in [2.24, 2.45) is 10.1 Å². The van der Waals surface area contributed by atoms with E-state index in [9.17, 15) is 4.79 Å². The van der Waals surface area contributed by atoms with Crippen molar-refractivity contribution in [1.29, 1.82) is 5.41 Å². The molecule has 3 aromatic rings. The van der Waals surface area contributed by atoms with E-state index in [1.807, 2.05) is 65.4 Å². The number of hydrazone groups is 1. The number of fused-ring (bicyclic) bond motifs is 1. The number of rotatable bonds is 4. The van der Waals surface area contributed by atoms with Crippen LogP contribution in [0.5, 0.6) is 5.75 Å². The lowest BCUT2D eigenvalue weighted by molar-refractivity contribution is -0.114. The van der Waals surface area contributed by atoms with Crippen LogP contribution in [0, 0.1) is 5.41 Å². The van der Waals surface area contributed by atoms with Gasteiger partial charge in [-0.25, -0.2) is 0 Å². The highest BCUT2D eigenvalue weighted by atomic mass is 35.5. The number of halogens is 1. The molecule has 0 radical (unpaired) electrons. The van der Waals surface area contributed by atoms with Crippen LogP contribution >= 0.6 is 23.4 Å². The molecule has 5 rings (SSSR count). The number of aromatic nitrogens is 1. The van der Waals surface area contributed by atoms with E-state index in [-0.39, 0.29) is 11.4 Å². The molecule has 9 heteroatoms. The fourth-order valence-electron chi connectivity index (χ4n) is 3.37. The molecule has 1 N–H and O–H groups in total. The van der Waals surface area contributed by atoms with Crippen LogP contribution in [0.25, 0.3) is 11.8 Å². The van der Waals surface area contributed by atoms with Crippen molar-refractivity contribution in [3.63, 3.8) is 0 Å². The molecule has 0 fully saturated rings. The molecule has 2 aliphatic heterocycles. The highest BCUT2D eigenvalue weighted by Gasteiger charge is 2.36. The topological polar surface area (TPSA) is 83.0 Å². The number of thioether (sulfide) groups is 1. The molecule has 0 bridgehead atoms. The number of amidine groups is 2. The van der Waals surface area contributed by atoms with Gasteiger partial charge in [-0.2, -0.15) is 15.1 Å². The van der Waals surface area contributed by atoms with E-state index < -0.39 is 5.91 Å². The minimum Gasteiger partial charge on any atom is -0.497 e. The summed E-state index contributed by atoms with van der Waals surface area (Å²) in [6.45, 7) is 0. The van der Waals surface area contributed by atoms with Crippen LogP contribution in [0.15, 0.2) is 82.5 Å². The van der Waals surface area contributed by atoms with Gasteiger partial charge in [0, 0.05) is 23.1 Å². The molecule has 158 valence electrons. The second-order valence-electron chi connectivity index (χ2n) is 6.91. The molecule has 0 spiro atoms. The zero-order valence-corrected chi connectivity index (χ0v) is 18.4. The molecule has 7 nitrogen and oxygen atoms in total. The number of methoxy groups -OCH3 is 1. The number of amides is 1. The van der Waals surface area contributed by atoms with Crippen LogP contribution in [0.2, 0.25) is 5.02 Å². The Morgan fingerprint density at radius 2 is 1.88 bits per heavy atom. The van der Waals surface area contributed by atoms with Crippen molar-refractivity contribution in [2.75, 3.05) is 7.11 Å². The Hall–Kier alpha value is -3.62. The lowest BCUT2D eigenvalue weighted by atomic mass is 10.1. The number of ether oxygens (including phenoxy) is 1. The maximum Gasteiger partial charge on any atom is 0.283 e. The lowest BCUT2D eigenvalue weighted by Gasteiger charge is -2.20. The minimum absolute atomic E-state index is 0.0305. The monoisotopic (exact) mass is 461 g/mol. The largest absolute Gasteiger partial charge is 0.497 e. The number of aliphatic imine (C=N–C) groups is 1. The molecule has 0 saturated carbocycles. The first-order valence-electron chi connectivity index (χ1n) is 9.62. The summed E-state index contributed by atoms with van der Waals surface area (Å²) in [6.07, 6.45) is 3.54. The number of hydrogen-bond acceptors (Lipinski definition) is 5. The summed E-state index contributed by atoms with van der Waals surface area (Å²) >= 11 is 7.51. The van der Waals surface area contributed by atoms with Gasteiger partial charge >= 0.3 is 0 Å². The Labute approximate surface area is 193 Å². The van der Waals surface area contributed by atoms with Crippen LogP contribution in [0.4, 0.5) is 0 Å². The molecule has 1 aromatic heterocycles. The molecule has 2 aromatic carbocycles. The van der Waals surface area contributed by atoms with Gasteiger partial charge in [-0.05, 0) is 60.3 Å². The minimum atomic E-state index is -0.480. The quantitative estimate of drug-likeness (QED) is 0.565. The zero-order chi connectivity index (χ0) is 22.2. The van der Waals surface area contributed by atoms with E-state index in [0.717, 1.165) is 22.7 Å². The highest BCUT2D eigenvalue weighted by Crippen LogP contribution is 2.33. The summed E-state index contributed by atoms with van der Waals surface area (Å²) in [5.74, 6) is 0.245. The van der Waals surface area contributed by atoms with Gasteiger partial charge in [0.15, 0.2) is 5.84 Å². The molecule has 32 heavy (non-hydrogen) atoms. The molecule has 0 atom stereocenters. The van der Waals surface area contributed by atoms with Crippen molar-refractivity contribution in [3.8, 4) is 11.4 Å². The number of nitrogens with one attached hydrogen (secondary N) is 1. The van der Waals surface area contributed by atoms with E-state index in [2.05, 4.69) is 10.1 Å². The second-order valence-corrected chi connectivity index (χ2v) is 8.27. The second kappa shape index (κ2) is 8.14. The van der Waals surface area contributed by atoms with E-state index in [1.165, 1.54) is 16.8 Å². The summed E-state index contributed by atoms with van der Waals surface area (Å²) in [5, 5.41) is 16.0. The Morgan fingerprint density at radius 3 is 2.62 bits per heavy atom. The molecule has 1 amide bonds. The van der Waals surface area contributed by atoms with Crippen LogP contribution in [0.1, 0.15) is 11.3 Å². The van der Waals surface area contributed by atoms with Crippen molar-refractivity contribution in [1.82, 2.24) is 9.58 Å². The van der Waals surface area contributed by atoms with Crippen LogP contribution in [-0.4, -0.2) is 38.6 Å². The third-order valence-electron chi connectivity index (χ3n) is 4.98. The van der Waals surface area contributed by atoms with Gasteiger partial charge in [-0.1, -0.05) is 29.8 Å². The first kappa shape index (κ1) is 20.3. The van der Waals surface area contributed by atoms with E-state index in [4.69, 9.17) is 21.7 Å². The van der Waals surface area contributed by atoms with Crippen molar-refractivity contribution in [3.05, 3.63) is 88.7 Å². The van der Waals surface area contributed by atoms with E-state index in [0.29, 0.717) is 15.2 Å². The molecule has 2 aliphatic rings. The summed E-state index contributed by atoms with van der Waals surface area (Å²) in [6, 6.07) is 18.6. The van der Waals surface area contributed by atoms with E-state index in [1.54, 1.807) is 19.3 Å². The third-order valence-corrected chi connectivity index (χ3v) is 6.25. The molecule has 0 unspecified atom stereocenters. The summed E-state index contributed by atoms with van der Waals surface area (Å²) < 4.78 is 7.14. The standard InChI is InChI=1S/C23H16ClN5O2S/c1-31-16-10-8-14(9-11-16)28-12-4-5-15(28)13-18-20(25)29-23(26-21(18)30)32-22(27-29)17-6-2-3-7-19(17)24/h2-13,25H,1H3/b18-13-,25-20?. The van der Waals surface area contributed by atoms with Gasteiger partial charge in [0.25, 0.3) is 5.91 Å². The van der Waals surface area contributed by atoms with E-state index >= 15 is 0 Å². The Morgan fingerprint density at radius 1 is 1.09 bits per heavy atom. The zero-order valence-electron chi connectivity index (χ0n) is 16.8. The maximum absolute atomic E-state index is 12.8. The van der Waals surface area contributed by atoms with Crippen LogP contribution in [-0.2, 0) is 4.79 Å². The number of carbonyl (C=O) groups excluding carboxylic acids is 1. The molecular weight excluding hydrogens is 446 g/mol. The van der Waals surface area contributed by atoms with Gasteiger partial charge in [-0.3, -0.25) is 10.2 Å². The molecule has 0 saturated heterocycles. The predicted octanol–water partition coefficient (Wildman–Crippen LogP) is 4.81. The summed E-state index contributed by atoms with van der Waals surface area (Å²) in [5.41, 5.74) is 2.53. The summed E-state index contributed by atoms with van der Waals surface area (Å²) in [4.78, 5) is 16.9. The Kier molecular flexibility index (Phi) is 5.16. The van der Waals surface area contributed by atoms with Crippen molar-refractivity contribution < 1.29 is 9.53 Å². The van der Waals surface area contributed by atoms with Crippen LogP contribution in [0.3, 0.4) is 0 Å². The normalized spacial score (nSPS) is 16.8. The van der Waals surface area contributed by atoms with Crippen molar-refractivity contribution in [2.45, 2.75) is 0 Å². The highest BCUT2D eigenvalue weighted by molar-refractivity contribution is 8.27. The fraction of sp³-hybridized carbons (Fsp3) is 0.0435. The van der Waals surface area contributed by atoms with Gasteiger partial charge in [0.1, 0.15) is 10.8 Å². The van der Waals surface area contributed by atoms with Crippen molar-refractivity contribution >= 4 is 51.4 Å². The van der Waals surface area contributed by atoms with Gasteiger partial charge in [0.05, 0.1) is 17.7 Å². The smallest absolute Gasteiger partial charge is 0.283 e. The third kappa shape index (κ3) is 3.53. The first-order valence-corrected chi connectivity index (χ1v) is 10.8. The average Bonchev–Trinajstić information content (AvgIpc) is 3.44. The Bertz CT molecular complexity index is 1340. The number of benzene rings is 2. The van der Waals surface area contributed by atoms with Gasteiger partial charge in [0.2, 0.25) is 5.17 Å². The molecule has 3 heterocycles. The molecular formula is C23H16ClN5O2S. The SMILES string of the molecule is COc1ccc(-n2cccc2/C=C2/C(=N)N3N=C(c4ccccc4Cl)SC3=NC2=O)cc1. The maximum atomic E-state index is 12.8. The summed E-state index contributed by atoms with van der Waals surface area (Å²) in [7, 11) is 1.62. The van der Waals surface area contributed by atoms with Crippen LogP contribution < -0.4 is 4.74 Å². The Balaban J connectivity index is 1.49. The predicted molar refractivity (Wildman–Crippen MR) is 128 cm³/mol. The average molecular weight is 462 g/mol. The molecule has 0 aliphatic carbocycles. The number of carbonyl (C=O) groups is 1. The van der Waals surface area contributed by atoms with Gasteiger partial charge in [-0.15, -0.1) is 0 Å². The van der Waals surface area contributed by atoms with Gasteiger partial charge < -0.3 is 9.30 Å². The lowest BCUT2D eigenvalue weighted by Crippen LogP contribution is -2.35. The fourth-order valence-corrected chi connectivity index (χ4v) is 4.58. The number of nitrogens with zero attached hydrogens (tertiary/aromatic N) is 4. The first-order chi connectivity index (χ1) is 15.5.